The van der Waals surface area contributed by atoms with Crippen molar-refractivity contribution in [3.63, 3.8) is 0 Å². The molecule has 0 aliphatic rings. The van der Waals surface area contributed by atoms with Crippen molar-refractivity contribution in [3.05, 3.63) is 38.4 Å². The third kappa shape index (κ3) is 3.78. The van der Waals surface area contributed by atoms with Gasteiger partial charge in [-0.1, -0.05) is 0 Å². The number of terminal acetylenes is 1. The van der Waals surface area contributed by atoms with Crippen molar-refractivity contribution in [2.45, 2.75) is 12.8 Å². The maximum atomic E-state index is 11.3. The van der Waals surface area contributed by atoms with E-state index >= 15 is 0 Å². The Morgan fingerprint density at radius 2 is 2.00 bits per heavy atom. The highest BCUT2D eigenvalue weighted by molar-refractivity contribution is 5.74. The van der Waals surface area contributed by atoms with Gasteiger partial charge in [0.15, 0.2) is 0 Å². The summed E-state index contributed by atoms with van der Waals surface area (Å²) < 4.78 is 4.74. The molecule has 0 amide bonds. The Labute approximate surface area is 107 Å². The molecule has 1 aromatic carbocycles. The lowest BCUT2D eigenvalue weighted by Gasteiger charge is -2.03. The maximum absolute atomic E-state index is 11.3. The predicted octanol–water partition coefficient (Wildman–Crippen LogP) is 1.82. The molecule has 1 rings (SSSR count). The van der Waals surface area contributed by atoms with Gasteiger partial charge in [0.1, 0.15) is 0 Å². The molecule has 0 atom stereocenters. The molecule has 0 N–H and O–H groups in total. The average molecular weight is 264 g/mol. The van der Waals surface area contributed by atoms with Crippen LogP contribution in [0.4, 0.5) is 11.4 Å². The quantitative estimate of drug-likeness (QED) is 0.263. The molecule has 8 nitrogen and oxygen atoms in total. The Morgan fingerprint density at radius 1 is 1.32 bits per heavy atom. The minimum Gasteiger partial charge on any atom is -0.419 e. The van der Waals surface area contributed by atoms with Gasteiger partial charge in [-0.25, -0.2) is 0 Å². The van der Waals surface area contributed by atoms with E-state index < -0.39 is 27.2 Å². The van der Waals surface area contributed by atoms with Crippen molar-refractivity contribution >= 4 is 17.3 Å². The Balaban J connectivity index is 3.01. The highest BCUT2D eigenvalue weighted by Crippen LogP contribution is 2.31. The summed E-state index contributed by atoms with van der Waals surface area (Å²) in [7, 11) is 0. The molecule has 0 saturated heterocycles. The Hall–Kier alpha value is -2.95. The summed E-state index contributed by atoms with van der Waals surface area (Å²) in [6.07, 6.45) is 5.01. The molecule has 0 radical (unpaired) electrons. The molecule has 0 aromatic heterocycles. The van der Waals surface area contributed by atoms with Crippen LogP contribution in [-0.2, 0) is 4.79 Å². The van der Waals surface area contributed by atoms with Crippen molar-refractivity contribution in [2.24, 2.45) is 0 Å². The van der Waals surface area contributed by atoms with E-state index in [0.29, 0.717) is 0 Å². The van der Waals surface area contributed by atoms with Crippen molar-refractivity contribution < 1.29 is 19.4 Å². The van der Waals surface area contributed by atoms with Gasteiger partial charge in [-0.3, -0.25) is 25.0 Å². The number of ether oxygens (including phenoxy) is 1. The summed E-state index contributed by atoms with van der Waals surface area (Å²) in [5, 5.41) is 21.3. The monoisotopic (exact) mass is 264 g/mol. The summed E-state index contributed by atoms with van der Waals surface area (Å²) >= 11 is 0. The molecule has 1 aromatic rings. The number of carbonyl (C=O) groups excluding carboxylic acids is 1. The molecule has 0 unspecified atom stereocenters. The normalized spacial score (nSPS) is 9.42. The van der Waals surface area contributed by atoms with Gasteiger partial charge in [0.25, 0.3) is 5.69 Å². The van der Waals surface area contributed by atoms with E-state index in [1.807, 2.05) is 0 Å². The van der Waals surface area contributed by atoms with Crippen LogP contribution >= 0.6 is 0 Å². The van der Waals surface area contributed by atoms with Crippen LogP contribution in [0.25, 0.3) is 0 Å². The lowest BCUT2D eigenvalue weighted by Crippen LogP contribution is -2.08. The van der Waals surface area contributed by atoms with Crippen LogP contribution in [-0.4, -0.2) is 15.8 Å². The van der Waals surface area contributed by atoms with Crippen LogP contribution in [0.3, 0.4) is 0 Å². The fourth-order valence-corrected chi connectivity index (χ4v) is 1.20. The molecule has 19 heavy (non-hydrogen) atoms. The summed E-state index contributed by atoms with van der Waals surface area (Å²) in [6.45, 7) is 0. The van der Waals surface area contributed by atoms with Crippen LogP contribution in [0.5, 0.6) is 5.75 Å². The Bertz CT molecular complexity index is 575. The van der Waals surface area contributed by atoms with Crippen LogP contribution in [0.15, 0.2) is 18.2 Å². The summed E-state index contributed by atoms with van der Waals surface area (Å²) in [5.41, 5.74) is -1.11. The first-order valence-electron chi connectivity index (χ1n) is 5.02. The third-order valence-electron chi connectivity index (χ3n) is 2.05. The zero-order valence-corrected chi connectivity index (χ0v) is 9.57. The molecule has 98 valence electrons. The number of hydrogen-bond donors (Lipinski definition) is 0. The van der Waals surface area contributed by atoms with Crippen LogP contribution in [0.1, 0.15) is 12.8 Å². The van der Waals surface area contributed by atoms with Crippen molar-refractivity contribution in [1.29, 1.82) is 0 Å². The maximum Gasteiger partial charge on any atom is 0.318 e. The van der Waals surface area contributed by atoms with E-state index in [1.54, 1.807) is 0 Å². The van der Waals surface area contributed by atoms with Crippen molar-refractivity contribution in [2.75, 3.05) is 0 Å². The number of esters is 1. The largest absolute Gasteiger partial charge is 0.419 e. The third-order valence-corrected chi connectivity index (χ3v) is 2.05. The van der Waals surface area contributed by atoms with E-state index in [-0.39, 0.29) is 18.6 Å². The zero-order chi connectivity index (χ0) is 14.4. The highest BCUT2D eigenvalue weighted by atomic mass is 16.6. The minimum absolute atomic E-state index is 0.0926. The lowest BCUT2D eigenvalue weighted by molar-refractivity contribution is -0.394. The van der Waals surface area contributed by atoms with E-state index in [2.05, 4.69) is 5.92 Å². The molecule has 0 aliphatic carbocycles. The molecule has 0 aliphatic heterocycles. The standard InChI is InChI=1S/C11H8N2O6/c1-2-3-4-11(14)19-10-6-5-8(12(15)16)7-9(10)13(17)18/h1,5-7H,3-4H2. The molecule has 8 heteroatoms. The molecular weight excluding hydrogens is 256 g/mol. The smallest absolute Gasteiger partial charge is 0.318 e. The molecule has 0 saturated carbocycles. The SMILES string of the molecule is C#CCCC(=O)Oc1ccc([N+](=O)[O-])cc1[N+](=O)[O-]. The zero-order valence-electron chi connectivity index (χ0n) is 9.57. The molecule has 0 bridgehead atoms. The van der Waals surface area contributed by atoms with Gasteiger partial charge >= 0.3 is 11.7 Å². The lowest BCUT2D eigenvalue weighted by atomic mass is 10.2. The molecular formula is C11H8N2O6. The Morgan fingerprint density at radius 3 is 2.53 bits per heavy atom. The van der Waals surface area contributed by atoms with E-state index in [9.17, 15) is 25.0 Å². The Kier molecular flexibility index (Phi) is 4.54. The first-order valence-corrected chi connectivity index (χ1v) is 5.02. The van der Waals surface area contributed by atoms with Gasteiger partial charge in [-0.15, -0.1) is 12.3 Å². The fraction of sp³-hybridized carbons (Fsp3) is 0.182. The number of carbonyl (C=O) groups is 1. The highest BCUT2D eigenvalue weighted by Gasteiger charge is 2.22. The van der Waals surface area contributed by atoms with Crippen molar-refractivity contribution in [3.8, 4) is 18.1 Å². The summed E-state index contributed by atoms with van der Waals surface area (Å²) in [5.74, 6) is 1.13. The number of non-ortho nitro benzene ring substituents is 1. The molecule has 0 spiro atoms. The number of hydrogen-bond acceptors (Lipinski definition) is 6. The summed E-state index contributed by atoms with van der Waals surface area (Å²) in [4.78, 5) is 30.9. The van der Waals surface area contributed by atoms with Crippen LogP contribution in [0, 0.1) is 32.6 Å². The van der Waals surface area contributed by atoms with Crippen molar-refractivity contribution in [1.82, 2.24) is 0 Å². The number of rotatable bonds is 5. The molecule has 0 fully saturated rings. The topological polar surface area (TPSA) is 113 Å². The first kappa shape index (κ1) is 14.1. The molecule has 0 heterocycles. The first-order chi connectivity index (χ1) is 8.95. The van der Waals surface area contributed by atoms with E-state index in [1.165, 1.54) is 0 Å². The number of benzene rings is 1. The number of nitro benzene ring substituents is 2. The van der Waals surface area contributed by atoms with Gasteiger partial charge in [0, 0.05) is 12.5 Å². The minimum atomic E-state index is -0.864. The van der Waals surface area contributed by atoms with Gasteiger partial charge in [-0.2, -0.15) is 0 Å². The van der Waals surface area contributed by atoms with Gasteiger partial charge in [0.05, 0.1) is 22.3 Å². The van der Waals surface area contributed by atoms with Crippen LogP contribution < -0.4 is 4.74 Å². The predicted molar refractivity (Wildman–Crippen MR) is 63.5 cm³/mol. The second-order valence-corrected chi connectivity index (χ2v) is 3.34. The van der Waals surface area contributed by atoms with Crippen LogP contribution in [0.2, 0.25) is 0 Å². The van der Waals surface area contributed by atoms with E-state index in [0.717, 1.165) is 18.2 Å². The fourth-order valence-electron chi connectivity index (χ4n) is 1.20. The van der Waals surface area contributed by atoms with E-state index in [4.69, 9.17) is 11.2 Å². The second-order valence-electron chi connectivity index (χ2n) is 3.34. The average Bonchev–Trinajstić information content (AvgIpc) is 2.36. The summed E-state index contributed by atoms with van der Waals surface area (Å²) in [6, 6.07) is 2.74. The second kappa shape index (κ2) is 6.11. The van der Waals surface area contributed by atoms with Gasteiger partial charge < -0.3 is 4.74 Å². The number of nitro groups is 2. The van der Waals surface area contributed by atoms with Gasteiger partial charge in [0.2, 0.25) is 5.75 Å². The van der Waals surface area contributed by atoms with Gasteiger partial charge in [-0.05, 0) is 6.07 Å². The number of nitrogens with zero attached hydrogens (tertiary/aromatic N) is 2.